The second-order valence-corrected chi connectivity index (χ2v) is 4.86. The minimum Gasteiger partial charge on any atom is -0.507 e. The van der Waals surface area contributed by atoms with Crippen LogP contribution in [0.3, 0.4) is 0 Å². The molecule has 0 spiro atoms. The third-order valence-corrected chi connectivity index (χ3v) is 3.37. The molecule has 0 atom stereocenters. The van der Waals surface area contributed by atoms with Gasteiger partial charge in [-0.25, -0.2) is 13.6 Å². The fourth-order valence-electron chi connectivity index (χ4n) is 1.79. The smallest absolute Gasteiger partial charge is 0.341 e. The van der Waals surface area contributed by atoms with Crippen molar-refractivity contribution < 1.29 is 32.5 Å². The molecule has 0 aliphatic carbocycles. The lowest BCUT2D eigenvalue weighted by atomic mass is 10.2. The number of phenols is 1. The van der Waals surface area contributed by atoms with Crippen LogP contribution in [0.15, 0.2) is 18.2 Å². The van der Waals surface area contributed by atoms with E-state index in [0.29, 0.717) is 0 Å². The molecular formula is C15H10ClF3O4. The van der Waals surface area contributed by atoms with Crippen molar-refractivity contribution in [2.75, 3.05) is 7.11 Å². The Morgan fingerprint density at radius 1 is 1.17 bits per heavy atom. The lowest BCUT2D eigenvalue weighted by Gasteiger charge is -2.12. The van der Waals surface area contributed by atoms with E-state index in [1.54, 1.807) is 0 Å². The highest BCUT2D eigenvalue weighted by Crippen LogP contribution is 2.38. The lowest BCUT2D eigenvalue weighted by Crippen LogP contribution is -2.02. The normalized spacial score (nSPS) is 10.5. The highest BCUT2D eigenvalue weighted by molar-refractivity contribution is 6.32. The Balaban J connectivity index is 2.45. The summed E-state index contributed by atoms with van der Waals surface area (Å²) in [6, 6.07) is 3.28. The third-order valence-electron chi connectivity index (χ3n) is 3.04. The monoisotopic (exact) mass is 346 g/mol. The number of ether oxygens (including phenoxy) is 2. The quantitative estimate of drug-likeness (QED) is 0.663. The average molecular weight is 347 g/mol. The third kappa shape index (κ3) is 3.05. The molecule has 0 fully saturated rings. The number of carbonyl (C=O) groups is 1. The maximum atomic E-state index is 13.9. The maximum Gasteiger partial charge on any atom is 0.341 e. The van der Waals surface area contributed by atoms with E-state index in [1.165, 1.54) is 6.07 Å². The number of benzene rings is 2. The Morgan fingerprint density at radius 2 is 1.83 bits per heavy atom. The van der Waals surface area contributed by atoms with E-state index in [4.69, 9.17) is 16.3 Å². The van der Waals surface area contributed by atoms with Gasteiger partial charge in [0.05, 0.1) is 7.11 Å². The van der Waals surface area contributed by atoms with Gasteiger partial charge in [0, 0.05) is 11.6 Å². The molecule has 0 bridgehead atoms. The molecule has 8 heteroatoms. The van der Waals surface area contributed by atoms with Crippen molar-refractivity contribution in [3.05, 3.63) is 51.8 Å². The molecule has 0 unspecified atom stereocenters. The Hall–Kier alpha value is -2.41. The van der Waals surface area contributed by atoms with Crippen LogP contribution in [0.25, 0.3) is 0 Å². The minimum atomic E-state index is -1.47. The van der Waals surface area contributed by atoms with Gasteiger partial charge in [0.2, 0.25) is 5.82 Å². The minimum absolute atomic E-state index is 0.160. The van der Waals surface area contributed by atoms with Crippen molar-refractivity contribution in [2.24, 2.45) is 0 Å². The molecule has 2 aromatic rings. The maximum absolute atomic E-state index is 13.9. The van der Waals surface area contributed by atoms with Crippen molar-refractivity contribution in [3.8, 4) is 17.2 Å². The van der Waals surface area contributed by atoms with Crippen LogP contribution in [-0.2, 0) is 4.74 Å². The van der Waals surface area contributed by atoms with Crippen LogP contribution in [0.5, 0.6) is 17.2 Å². The van der Waals surface area contributed by atoms with Gasteiger partial charge in [-0.3, -0.25) is 0 Å². The molecule has 4 nitrogen and oxygen atoms in total. The summed E-state index contributed by atoms with van der Waals surface area (Å²) in [5.74, 6) is -6.42. The Morgan fingerprint density at radius 3 is 2.39 bits per heavy atom. The number of hydrogen-bond acceptors (Lipinski definition) is 4. The van der Waals surface area contributed by atoms with Crippen molar-refractivity contribution in [1.29, 1.82) is 0 Å². The molecule has 2 aromatic carbocycles. The number of methoxy groups -OCH3 is 1. The lowest BCUT2D eigenvalue weighted by molar-refractivity contribution is 0.0597. The predicted octanol–water partition coefficient (Wildman–Crippen LogP) is 4.35. The van der Waals surface area contributed by atoms with E-state index in [9.17, 15) is 23.1 Å². The van der Waals surface area contributed by atoms with E-state index >= 15 is 0 Å². The second kappa shape index (κ2) is 6.37. The summed E-state index contributed by atoms with van der Waals surface area (Å²) in [4.78, 5) is 11.3. The van der Waals surface area contributed by atoms with Gasteiger partial charge in [0.15, 0.2) is 17.4 Å². The van der Waals surface area contributed by atoms with Crippen LogP contribution in [0.4, 0.5) is 13.2 Å². The van der Waals surface area contributed by atoms with Crippen LogP contribution in [0.1, 0.15) is 15.9 Å². The molecule has 0 aliphatic rings. The van der Waals surface area contributed by atoms with Gasteiger partial charge >= 0.3 is 5.97 Å². The van der Waals surface area contributed by atoms with Crippen LogP contribution < -0.4 is 4.74 Å². The fourth-order valence-corrected chi connectivity index (χ4v) is 2.05. The molecule has 0 amide bonds. The van der Waals surface area contributed by atoms with Crippen LogP contribution >= 0.6 is 11.6 Å². The van der Waals surface area contributed by atoms with Gasteiger partial charge in [-0.2, -0.15) is 4.39 Å². The number of aromatic hydroxyl groups is 1. The number of esters is 1. The van der Waals surface area contributed by atoms with Crippen LogP contribution in [-0.4, -0.2) is 18.2 Å². The molecule has 0 aromatic heterocycles. The zero-order chi connectivity index (χ0) is 17.3. The van der Waals surface area contributed by atoms with Crippen molar-refractivity contribution >= 4 is 17.6 Å². The fraction of sp³-hybridized carbons (Fsp3) is 0.133. The second-order valence-electron chi connectivity index (χ2n) is 4.48. The first-order valence-corrected chi connectivity index (χ1v) is 6.57. The van der Waals surface area contributed by atoms with E-state index in [2.05, 4.69) is 4.74 Å². The summed E-state index contributed by atoms with van der Waals surface area (Å²) in [6.07, 6.45) is 0. The average Bonchev–Trinajstić information content (AvgIpc) is 2.54. The predicted molar refractivity (Wildman–Crippen MR) is 75.6 cm³/mol. The standard InChI is InChI=1S/C15H10ClF3O4/c1-6-11(17)10(16)14(13(19)12(6)18)23-7-3-4-8(9(20)5-7)15(21)22-2/h3-5,20H,1-2H3. The molecule has 0 saturated heterocycles. The van der Waals surface area contributed by atoms with E-state index in [0.717, 1.165) is 26.2 Å². The van der Waals surface area contributed by atoms with E-state index < -0.39 is 45.5 Å². The van der Waals surface area contributed by atoms with Crippen LogP contribution in [0, 0.1) is 24.4 Å². The van der Waals surface area contributed by atoms with Crippen molar-refractivity contribution in [1.82, 2.24) is 0 Å². The number of hydrogen-bond donors (Lipinski definition) is 1. The largest absolute Gasteiger partial charge is 0.507 e. The van der Waals surface area contributed by atoms with Gasteiger partial charge in [-0.1, -0.05) is 11.6 Å². The first-order chi connectivity index (χ1) is 10.8. The van der Waals surface area contributed by atoms with Gasteiger partial charge < -0.3 is 14.6 Å². The number of halogens is 4. The number of rotatable bonds is 3. The topological polar surface area (TPSA) is 55.8 Å². The van der Waals surface area contributed by atoms with E-state index in [-0.39, 0.29) is 11.3 Å². The Labute approximate surface area is 134 Å². The van der Waals surface area contributed by atoms with Crippen molar-refractivity contribution in [3.63, 3.8) is 0 Å². The summed E-state index contributed by atoms with van der Waals surface area (Å²) in [6.45, 7) is 1.03. The Kier molecular flexibility index (Phi) is 4.70. The Bertz CT molecular complexity index is 764. The summed E-state index contributed by atoms with van der Waals surface area (Å²) in [7, 11) is 1.12. The first kappa shape index (κ1) is 17.0. The summed E-state index contributed by atoms with van der Waals surface area (Å²) < 4.78 is 50.6. The highest BCUT2D eigenvalue weighted by atomic mass is 35.5. The summed E-state index contributed by atoms with van der Waals surface area (Å²) in [5, 5.41) is 8.97. The number of phenolic OH excluding ortho intramolecular Hbond substituents is 1. The molecule has 0 saturated carbocycles. The zero-order valence-corrected chi connectivity index (χ0v) is 12.7. The van der Waals surface area contributed by atoms with Gasteiger partial charge in [0.1, 0.15) is 22.1 Å². The molecule has 122 valence electrons. The van der Waals surface area contributed by atoms with Crippen LogP contribution in [0.2, 0.25) is 5.02 Å². The molecule has 23 heavy (non-hydrogen) atoms. The molecule has 0 radical (unpaired) electrons. The zero-order valence-electron chi connectivity index (χ0n) is 11.9. The molecule has 0 aliphatic heterocycles. The first-order valence-electron chi connectivity index (χ1n) is 6.19. The summed E-state index contributed by atoms with van der Waals surface area (Å²) >= 11 is 5.63. The molecule has 1 N–H and O–H groups in total. The molecule has 2 rings (SSSR count). The van der Waals surface area contributed by atoms with Gasteiger partial charge in [-0.05, 0) is 19.1 Å². The summed E-state index contributed by atoms with van der Waals surface area (Å²) in [5.41, 5.74) is -0.739. The number of carbonyl (C=O) groups excluding carboxylic acids is 1. The SMILES string of the molecule is COC(=O)c1ccc(Oc2c(F)c(F)c(C)c(F)c2Cl)cc1O. The van der Waals surface area contributed by atoms with E-state index in [1.807, 2.05) is 0 Å². The molecule has 0 heterocycles. The van der Waals surface area contributed by atoms with Gasteiger partial charge in [0.25, 0.3) is 0 Å². The highest BCUT2D eigenvalue weighted by Gasteiger charge is 2.24. The van der Waals surface area contributed by atoms with Gasteiger partial charge in [-0.15, -0.1) is 0 Å². The van der Waals surface area contributed by atoms with Crippen molar-refractivity contribution in [2.45, 2.75) is 6.92 Å². The molecular weight excluding hydrogens is 337 g/mol.